The molecule has 1 aliphatic heterocycles. The molecule has 3 heterocycles. The number of fused-ring (bicyclic) bond motifs is 1. The number of imidazole rings is 1. The molecule has 0 spiro atoms. The maximum atomic E-state index is 12.7. The topological polar surface area (TPSA) is 364 Å². The molecule has 8 atom stereocenters. The van der Waals surface area contributed by atoms with E-state index in [4.69, 9.17) is 19.5 Å². The fourth-order valence-electron chi connectivity index (χ4n) is 5.20. The second-order valence-electron chi connectivity index (χ2n) is 13.7. The molecule has 0 bridgehead atoms. The van der Waals surface area contributed by atoms with E-state index in [9.17, 15) is 57.9 Å². The van der Waals surface area contributed by atoms with Crippen molar-refractivity contribution < 1.29 is 80.5 Å². The lowest BCUT2D eigenvalue weighted by atomic mass is 9.87. The number of aromatic nitrogens is 4. The summed E-state index contributed by atoms with van der Waals surface area (Å²) in [6.07, 6.45) is -0.390. The monoisotopic (exact) mass is 905 g/mol. The first kappa shape index (κ1) is 49.7. The summed E-state index contributed by atoms with van der Waals surface area (Å²) in [6.45, 7) is 4.62. The van der Waals surface area contributed by atoms with Crippen LogP contribution in [-0.2, 0) is 50.7 Å². The summed E-state index contributed by atoms with van der Waals surface area (Å²) in [5.74, 6) is -0.828. The Morgan fingerprint density at radius 2 is 1.78 bits per heavy atom. The van der Waals surface area contributed by atoms with E-state index < -0.39 is 84.6 Å². The number of nitrogens with two attached hydrogens (primary N) is 1. The Balaban J connectivity index is 1.46. The van der Waals surface area contributed by atoms with Crippen LogP contribution in [0, 0.1) is 11.3 Å². The van der Waals surface area contributed by atoms with Crippen LogP contribution in [0.4, 0.5) is 5.82 Å². The minimum atomic E-state index is -5.57. The number of phosphoric ester groups is 3. The van der Waals surface area contributed by atoms with Crippen LogP contribution in [0.25, 0.3) is 11.2 Å². The van der Waals surface area contributed by atoms with Crippen LogP contribution in [0.1, 0.15) is 59.6 Å². The Kier molecular flexibility index (Phi) is 18.6. The number of thioether (sulfide) groups is 1. The molecule has 1 fully saturated rings. The van der Waals surface area contributed by atoms with Crippen LogP contribution >= 0.6 is 35.2 Å². The number of allylic oxidation sites excluding steroid dienone is 1. The van der Waals surface area contributed by atoms with Gasteiger partial charge in [-0.2, -0.15) is 4.31 Å². The zero-order valence-corrected chi connectivity index (χ0v) is 35.4. The molecule has 24 nitrogen and oxygen atoms in total. The summed E-state index contributed by atoms with van der Waals surface area (Å²) >= 11 is 1.05. The minimum Gasteiger partial charge on any atom is -0.386 e. The molecular weight excluding hydrogens is 855 g/mol. The summed E-state index contributed by atoms with van der Waals surface area (Å²) in [5.41, 5.74) is 4.26. The van der Waals surface area contributed by atoms with Gasteiger partial charge in [0.25, 0.3) is 0 Å². The lowest BCUT2D eigenvalue weighted by Crippen LogP contribution is -2.46. The quantitative estimate of drug-likeness (QED) is 0.0404. The van der Waals surface area contributed by atoms with Crippen molar-refractivity contribution in [3.63, 3.8) is 0 Å². The SMILES string of the molecule is CCCCC(C)C=CC(=O)SCCNC(=O)CCNC(=O)[C@H](O)C(C)(C)COP(=O)(O)OP(=O)(O)OC[C@H]1O[C@@H](n2cnc3c(N)ncnc32)[C@H](O)[C@@H]1OP(=O)(O)O. The van der Waals surface area contributed by atoms with Crippen molar-refractivity contribution >= 4 is 69.1 Å². The molecule has 2 amide bonds. The van der Waals surface area contributed by atoms with Gasteiger partial charge in [-0.1, -0.05) is 58.4 Å². The largest absolute Gasteiger partial charge is 0.481 e. The van der Waals surface area contributed by atoms with Crippen LogP contribution in [0.2, 0.25) is 0 Å². The summed E-state index contributed by atoms with van der Waals surface area (Å²) in [6, 6.07) is 0. The lowest BCUT2D eigenvalue weighted by Gasteiger charge is -2.30. The highest BCUT2D eigenvalue weighted by Gasteiger charge is 2.50. The second-order valence-corrected chi connectivity index (χ2v) is 19.1. The number of nitrogens with one attached hydrogen (secondary N) is 2. The van der Waals surface area contributed by atoms with Gasteiger partial charge in [-0.05, 0) is 18.4 Å². The van der Waals surface area contributed by atoms with E-state index in [0.717, 1.165) is 48.2 Å². The average Bonchev–Trinajstić information content (AvgIpc) is 3.69. The molecule has 28 heteroatoms. The van der Waals surface area contributed by atoms with E-state index in [0.29, 0.717) is 11.7 Å². The van der Waals surface area contributed by atoms with Gasteiger partial charge in [0.05, 0.1) is 19.5 Å². The zero-order valence-electron chi connectivity index (χ0n) is 31.9. The summed E-state index contributed by atoms with van der Waals surface area (Å²) in [7, 11) is -16.4. The van der Waals surface area contributed by atoms with E-state index in [2.05, 4.69) is 41.3 Å². The van der Waals surface area contributed by atoms with Crippen molar-refractivity contribution in [2.75, 3.05) is 37.8 Å². The van der Waals surface area contributed by atoms with Gasteiger partial charge in [0.1, 0.15) is 36.3 Å². The molecule has 2 aromatic rings. The number of phosphoric acid groups is 3. The maximum absolute atomic E-state index is 12.7. The molecule has 328 valence electrons. The molecule has 0 radical (unpaired) electrons. The van der Waals surface area contributed by atoms with Gasteiger partial charge in [-0.15, -0.1) is 0 Å². The Labute approximate surface area is 337 Å². The fourth-order valence-corrected chi connectivity index (χ4v) is 8.60. The molecular formula is C30H50N7O17P3S. The molecule has 0 aliphatic carbocycles. The number of hydrogen-bond acceptors (Lipinski definition) is 18. The minimum absolute atomic E-state index is 0.0308. The highest BCUT2D eigenvalue weighted by Crippen LogP contribution is 2.61. The third-order valence-electron chi connectivity index (χ3n) is 8.32. The third kappa shape index (κ3) is 15.7. The normalized spacial score (nSPS) is 22.0. The molecule has 3 unspecified atom stereocenters. The van der Waals surface area contributed by atoms with Crippen LogP contribution in [0.5, 0.6) is 0 Å². The predicted molar refractivity (Wildman–Crippen MR) is 205 cm³/mol. The standard InChI is InChI=1S/C30H50N7O17P3S/c1-5-6-7-18(2)8-9-21(39)58-13-12-32-20(38)10-11-33-28(42)25(41)30(3,4)15-51-57(48,49)54-56(46,47)50-14-19-24(53-55(43,44)45)23(40)29(52-19)37-17-36-22-26(31)34-16-35-27(22)37/h8-9,16-19,23-25,29,40-41H,5-7,10-15H2,1-4H3,(H,32,38)(H,33,42)(H,46,47)(H,48,49)(H2,31,34,35)(H2,43,44,45)/t18?,19-,23-,24-,25+,29-/m1/s1. The number of nitrogens with zero attached hydrogens (tertiary/aromatic N) is 4. The van der Waals surface area contributed by atoms with Crippen molar-refractivity contribution in [2.45, 2.75) is 84.0 Å². The Morgan fingerprint density at radius 1 is 1.09 bits per heavy atom. The number of nitrogen functional groups attached to an aromatic ring is 1. The highest BCUT2D eigenvalue weighted by atomic mass is 32.2. The Morgan fingerprint density at radius 3 is 2.45 bits per heavy atom. The first-order chi connectivity index (χ1) is 26.9. The molecule has 58 heavy (non-hydrogen) atoms. The smallest absolute Gasteiger partial charge is 0.386 e. The summed E-state index contributed by atoms with van der Waals surface area (Å²) < 4.78 is 62.2. The van der Waals surface area contributed by atoms with Crippen molar-refractivity contribution in [3.8, 4) is 0 Å². The second kappa shape index (κ2) is 21.7. The molecule has 1 aliphatic rings. The number of anilines is 1. The molecule has 0 aromatic carbocycles. The first-order valence-electron chi connectivity index (χ1n) is 17.7. The third-order valence-corrected chi connectivity index (χ3v) is 12.2. The predicted octanol–water partition coefficient (Wildman–Crippen LogP) is 1.05. The van der Waals surface area contributed by atoms with Gasteiger partial charge >= 0.3 is 23.5 Å². The van der Waals surface area contributed by atoms with Crippen LogP contribution in [0.3, 0.4) is 0 Å². The van der Waals surface area contributed by atoms with Crippen molar-refractivity contribution in [2.24, 2.45) is 11.3 Å². The first-order valence-corrected chi connectivity index (χ1v) is 23.2. The van der Waals surface area contributed by atoms with Crippen molar-refractivity contribution in [3.05, 3.63) is 24.8 Å². The zero-order chi connectivity index (χ0) is 43.5. The van der Waals surface area contributed by atoms with Crippen LogP contribution in [-0.4, -0.2) is 123 Å². The number of aliphatic hydroxyl groups excluding tert-OH is 2. The molecule has 2 aromatic heterocycles. The number of carbonyl (C=O) groups excluding carboxylic acids is 3. The van der Waals surface area contributed by atoms with Gasteiger partial charge in [0.2, 0.25) is 16.9 Å². The van der Waals surface area contributed by atoms with E-state index in [1.54, 1.807) is 0 Å². The fraction of sp³-hybridized carbons (Fsp3) is 0.667. The van der Waals surface area contributed by atoms with Gasteiger partial charge in [-0.25, -0.2) is 28.6 Å². The number of aliphatic hydroxyl groups is 2. The Hall–Kier alpha value is -2.70. The number of rotatable bonds is 24. The van der Waals surface area contributed by atoms with E-state index in [-0.39, 0.29) is 41.6 Å². The number of carbonyl (C=O) groups is 3. The Bertz CT molecular complexity index is 1900. The van der Waals surface area contributed by atoms with Gasteiger partial charge in [-0.3, -0.25) is 32.5 Å². The highest BCUT2D eigenvalue weighted by molar-refractivity contribution is 8.14. The van der Waals surface area contributed by atoms with Gasteiger partial charge in [0, 0.05) is 30.7 Å². The van der Waals surface area contributed by atoms with Crippen LogP contribution < -0.4 is 16.4 Å². The number of amides is 2. The van der Waals surface area contributed by atoms with Gasteiger partial charge in [0.15, 0.2) is 17.7 Å². The summed E-state index contributed by atoms with van der Waals surface area (Å²) in [5, 5.41) is 26.3. The molecule has 0 saturated carbocycles. The number of unbranched alkanes of at least 4 members (excludes halogenated alkanes) is 1. The van der Waals surface area contributed by atoms with E-state index in [1.807, 2.05) is 13.0 Å². The molecule has 10 N–H and O–H groups in total. The van der Waals surface area contributed by atoms with Crippen molar-refractivity contribution in [1.82, 2.24) is 30.2 Å². The molecule has 3 rings (SSSR count). The van der Waals surface area contributed by atoms with Crippen LogP contribution in [0.15, 0.2) is 24.8 Å². The number of hydrogen-bond donors (Lipinski definition) is 9. The van der Waals surface area contributed by atoms with Gasteiger partial charge < -0.3 is 50.9 Å². The average molecular weight is 906 g/mol. The number of ether oxygens (including phenoxy) is 1. The van der Waals surface area contributed by atoms with E-state index >= 15 is 0 Å². The lowest BCUT2D eigenvalue weighted by molar-refractivity contribution is -0.137. The van der Waals surface area contributed by atoms with Crippen molar-refractivity contribution in [1.29, 1.82) is 0 Å². The molecule has 1 saturated heterocycles. The maximum Gasteiger partial charge on any atom is 0.481 e. The summed E-state index contributed by atoms with van der Waals surface area (Å²) in [4.78, 5) is 87.7. The van der Waals surface area contributed by atoms with E-state index in [1.165, 1.54) is 19.9 Å².